The first kappa shape index (κ1) is 23.2. The third kappa shape index (κ3) is 7.03. The third-order valence-electron chi connectivity index (χ3n) is 3.92. The maximum Gasteiger partial charge on any atom is 0.180 e. The average Bonchev–Trinajstić information content (AvgIpc) is 2.98. The van der Waals surface area contributed by atoms with Crippen LogP contribution in [0.15, 0.2) is 65.9 Å². The summed E-state index contributed by atoms with van der Waals surface area (Å²) in [6.07, 6.45) is 20.6. The number of aromatic nitrogens is 2. The molecule has 28 heavy (non-hydrogen) atoms. The predicted octanol–water partition coefficient (Wildman–Crippen LogP) is 6.18. The van der Waals surface area contributed by atoms with E-state index in [1.54, 1.807) is 6.20 Å². The highest BCUT2D eigenvalue weighted by Gasteiger charge is 2.17. The minimum atomic E-state index is 0.403. The Morgan fingerprint density at radius 2 is 1.96 bits per heavy atom. The summed E-state index contributed by atoms with van der Waals surface area (Å²) in [6, 6.07) is 0. The fourth-order valence-corrected chi connectivity index (χ4v) is 2.51. The summed E-state index contributed by atoms with van der Waals surface area (Å²) in [5.74, 6) is 1.06. The number of aryl methyl sites for hydroxylation is 1. The van der Waals surface area contributed by atoms with Crippen molar-refractivity contribution in [3.05, 3.63) is 78.1 Å². The van der Waals surface area contributed by atoms with Gasteiger partial charge in [0.25, 0.3) is 0 Å². The van der Waals surface area contributed by atoms with Crippen LogP contribution in [0.25, 0.3) is 11.8 Å². The summed E-state index contributed by atoms with van der Waals surface area (Å²) in [6.45, 7) is 14.0. The Labute approximate surface area is 170 Å². The molecule has 1 aromatic rings. The number of hydrogen-bond donors (Lipinski definition) is 1. The van der Waals surface area contributed by atoms with Crippen molar-refractivity contribution in [2.75, 3.05) is 0 Å². The number of hydrogen-bond acceptors (Lipinski definition) is 2. The molecule has 0 aliphatic rings. The van der Waals surface area contributed by atoms with E-state index < -0.39 is 0 Å². The molecule has 0 aromatic carbocycles. The van der Waals surface area contributed by atoms with Gasteiger partial charge in [-0.25, -0.2) is 9.98 Å². The number of rotatable bonds is 10. The number of amidine groups is 1. The second-order valence-corrected chi connectivity index (χ2v) is 6.65. The fourth-order valence-electron chi connectivity index (χ4n) is 2.51. The molecule has 0 aliphatic carbocycles. The third-order valence-corrected chi connectivity index (χ3v) is 3.92. The van der Waals surface area contributed by atoms with Crippen molar-refractivity contribution >= 4 is 17.6 Å². The molecule has 150 valence electrons. The first-order valence-electron chi connectivity index (χ1n) is 9.77. The first-order chi connectivity index (χ1) is 13.5. The van der Waals surface area contributed by atoms with Crippen LogP contribution in [0.5, 0.6) is 0 Å². The Balaban J connectivity index is 3.69. The van der Waals surface area contributed by atoms with Crippen LogP contribution in [-0.2, 0) is 0 Å². The van der Waals surface area contributed by atoms with Gasteiger partial charge in [-0.05, 0) is 52.7 Å². The molecule has 4 heteroatoms. The van der Waals surface area contributed by atoms with Crippen LogP contribution < -0.4 is 5.73 Å². The average molecular weight is 379 g/mol. The van der Waals surface area contributed by atoms with E-state index >= 15 is 0 Å². The molecule has 4 nitrogen and oxygen atoms in total. The van der Waals surface area contributed by atoms with Gasteiger partial charge in [0.2, 0.25) is 0 Å². The molecular formula is C24H34N4. The van der Waals surface area contributed by atoms with Gasteiger partial charge in [-0.3, -0.25) is 4.57 Å². The van der Waals surface area contributed by atoms with Crippen LogP contribution in [0.4, 0.5) is 0 Å². The fraction of sp³-hybridized carbons (Fsp3) is 0.333. The molecule has 0 radical (unpaired) electrons. The number of nitrogens with zero attached hydrogens (tertiary/aromatic N) is 3. The monoisotopic (exact) mass is 378 g/mol. The quantitative estimate of drug-likeness (QED) is 0.229. The van der Waals surface area contributed by atoms with Crippen molar-refractivity contribution in [2.45, 2.75) is 53.9 Å². The highest BCUT2D eigenvalue weighted by atomic mass is 15.1. The van der Waals surface area contributed by atoms with Gasteiger partial charge in [0, 0.05) is 18.3 Å². The second-order valence-electron chi connectivity index (χ2n) is 6.65. The summed E-state index contributed by atoms with van der Waals surface area (Å²) < 4.78 is 2.10. The van der Waals surface area contributed by atoms with Crippen LogP contribution in [0, 0.1) is 6.92 Å². The molecular weight excluding hydrogens is 344 g/mol. The molecule has 0 fully saturated rings. The molecule has 2 N–H and O–H groups in total. The summed E-state index contributed by atoms with van der Waals surface area (Å²) in [7, 11) is 0. The van der Waals surface area contributed by atoms with Crippen LogP contribution in [0.3, 0.4) is 0 Å². The highest BCUT2D eigenvalue weighted by molar-refractivity contribution is 5.96. The first-order valence-corrected chi connectivity index (χ1v) is 9.77. The minimum Gasteiger partial charge on any atom is -0.381 e. The van der Waals surface area contributed by atoms with Crippen LogP contribution in [-0.4, -0.2) is 15.4 Å². The van der Waals surface area contributed by atoms with E-state index in [0.717, 1.165) is 36.3 Å². The Hall–Kier alpha value is -2.88. The van der Waals surface area contributed by atoms with E-state index in [0.29, 0.717) is 11.7 Å². The van der Waals surface area contributed by atoms with E-state index in [-0.39, 0.29) is 0 Å². The lowest BCUT2D eigenvalue weighted by Gasteiger charge is -2.13. The van der Waals surface area contributed by atoms with Crippen molar-refractivity contribution in [2.24, 2.45) is 10.7 Å². The van der Waals surface area contributed by atoms with Crippen molar-refractivity contribution in [3.63, 3.8) is 0 Å². The van der Waals surface area contributed by atoms with Gasteiger partial charge in [-0.1, -0.05) is 49.0 Å². The maximum absolute atomic E-state index is 6.31. The molecule has 0 spiro atoms. The van der Waals surface area contributed by atoms with Gasteiger partial charge in [0.05, 0.1) is 11.4 Å². The maximum atomic E-state index is 6.31. The van der Waals surface area contributed by atoms with Crippen molar-refractivity contribution < 1.29 is 0 Å². The lowest BCUT2D eigenvalue weighted by Crippen LogP contribution is -2.19. The molecule has 0 saturated heterocycles. The minimum absolute atomic E-state index is 0.403. The van der Waals surface area contributed by atoms with Gasteiger partial charge < -0.3 is 5.73 Å². The van der Waals surface area contributed by atoms with Crippen molar-refractivity contribution in [1.82, 2.24) is 9.55 Å². The Morgan fingerprint density at radius 3 is 2.57 bits per heavy atom. The van der Waals surface area contributed by atoms with Gasteiger partial charge in [-0.2, -0.15) is 0 Å². The van der Waals surface area contributed by atoms with Gasteiger partial charge in [0.1, 0.15) is 0 Å². The van der Waals surface area contributed by atoms with Gasteiger partial charge in [0.15, 0.2) is 11.7 Å². The largest absolute Gasteiger partial charge is 0.381 e. The van der Waals surface area contributed by atoms with Crippen molar-refractivity contribution in [1.29, 1.82) is 0 Å². The predicted molar refractivity (Wildman–Crippen MR) is 124 cm³/mol. The zero-order chi connectivity index (χ0) is 20.9. The number of allylic oxidation sites excluding steroid dienone is 9. The van der Waals surface area contributed by atoms with E-state index in [4.69, 9.17) is 10.7 Å². The smallest absolute Gasteiger partial charge is 0.180 e. The normalized spacial score (nSPS) is 13.2. The lowest BCUT2D eigenvalue weighted by molar-refractivity contribution is 1.00. The van der Waals surface area contributed by atoms with Crippen molar-refractivity contribution in [3.8, 4) is 0 Å². The van der Waals surface area contributed by atoms with E-state index in [1.165, 1.54) is 5.57 Å². The molecule has 0 saturated carbocycles. The summed E-state index contributed by atoms with van der Waals surface area (Å²) in [5.41, 5.74) is 10.5. The van der Waals surface area contributed by atoms with E-state index in [9.17, 15) is 0 Å². The number of imidazole rings is 1. The standard InChI is InChI=1S/C24H34N4/c1-7-10-13-15-22-20(6)27-24(23(25)26-18-12-9-3)28(22)21(14-11-8-2)17-16-19(4)5/h7-8,11-13,15-18H,1,9-10,14H2,2-6H3,(H2,25,26)/b11-8-,15-13-,18-12-,21-17+. The van der Waals surface area contributed by atoms with Crippen LogP contribution in [0.1, 0.15) is 64.2 Å². The molecule has 0 amide bonds. The summed E-state index contributed by atoms with van der Waals surface area (Å²) in [4.78, 5) is 9.12. The summed E-state index contributed by atoms with van der Waals surface area (Å²) >= 11 is 0. The molecule has 0 unspecified atom stereocenters. The summed E-state index contributed by atoms with van der Waals surface area (Å²) in [5, 5.41) is 0. The van der Waals surface area contributed by atoms with Gasteiger partial charge in [-0.15, -0.1) is 6.58 Å². The second kappa shape index (κ2) is 12.5. The SMILES string of the molecule is C=CC/C=C\c1c(C)nc(C(N)=N/C=C\CC)n1/C(=C/C=C(C)C)C/C=C\C. The Kier molecular flexibility index (Phi) is 10.3. The molecule has 1 aromatic heterocycles. The molecule has 0 atom stereocenters. The van der Waals surface area contributed by atoms with E-state index in [2.05, 4.69) is 73.4 Å². The van der Waals surface area contributed by atoms with Gasteiger partial charge >= 0.3 is 0 Å². The molecule has 1 heterocycles. The number of nitrogens with two attached hydrogens (primary N) is 1. The zero-order valence-electron chi connectivity index (χ0n) is 17.9. The Morgan fingerprint density at radius 1 is 1.21 bits per heavy atom. The Bertz CT molecular complexity index is 823. The zero-order valence-corrected chi connectivity index (χ0v) is 17.9. The molecule has 0 bridgehead atoms. The van der Waals surface area contributed by atoms with E-state index in [1.807, 2.05) is 26.0 Å². The number of aliphatic imine (C=N–C) groups is 1. The van der Waals surface area contributed by atoms with Crippen LogP contribution >= 0.6 is 0 Å². The lowest BCUT2D eigenvalue weighted by atomic mass is 10.2. The topological polar surface area (TPSA) is 56.2 Å². The highest BCUT2D eigenvalue weighted by Crippen LogP contribution is 2.23. The van der Waals surface area contributed by atoms with Crippen LogP contribution in [0.2, 0.25) is 0 Å². The molecule has 1 rings (SSSR count). The molecule has 0 aliphatic heterocycles.